The van der Waals surface area contributed by atoms with Gasteiger partial charge in [0.15, 0.2) is 0 Å². The molecule has 18 heavy (non-hydrogen) atoms. The minimum absolute atomic E-state index is 0.0491. The van der Waals surface area contributed by atoms with Gasteiger partial charge in [0.05, 0.1) is 11.6 Å². The van der Waals surface area contributed by atoms with Crippen molar-refractivity contribution in [3.8, 4) is 5.75 Å². The van der Waals surface area contributed by atoms with Gasteiger partial charge in [0.25, 0.3) is 0 Å². The van der Waals surface area contributed by atoms with E-state index in [4.69, 9.17) is 33.7 Å². The van der Waals surface area contributed by atoms with Crippen LogP contribution in [0, 0.1) is 0 Å². The third kappa shape index (κ3) is 5.27. The van der Waals surface area contributed by atoms with Crippen LogP contribution in [0.3, 0.4) is 0 Å². The molecule has 1 aromatic carbocycles. The van der Waals surface area contributed by atoms with Crippen LogP contribution >= 0.6 is 35.0 Å². The molecular formula is C13H19Cl2NOS. The zero-order valence-electron chi connectivity index (χ0n) is 10.7. The fourth-order valence-electron chi connectivity index (χ4n) is 1.65. The van der Waals surface area contributed by atoms with E-state index in [9.17, 15) is 0 Å². The highest BCUT2D eigenvalue weighted by Gasteiger charge is 2.12. The van der Waals surface area contributed by atoms with E-state index in [-0.39, 0.29) is 6.04 Å². The molecule has 5 heteroatoms. The van der Waals surface area contributed by atoms with Gasteiger partial charge >= 0.3 is 0 Å². The standard InChI is InChI=1S/C13H19Cl2NOS/c1-9(16)6-10-7-11(14)8-12(15)13(10)17-4-3-5-18-2/h7-9H,3-6,16H2,1-2H3. The predicted molar refractivity (Wildman–Crippen MR) is 82.3 cm³/mol. The van der Waals surface area contributed by atoms with Crippen LogP contribution in [0.15, 0.2) is 12.1 Å². The van der Waals surface area contributed by atoms with Crippen LogP contribution in [0.25, 0.3) is 0 Å². The highest BCUT2D eigenvalue weighted by Crippen LogP contribution is 2.33. The summed E-state index contributed by atoms with van der Waals surface area (Å²) in [5.74, 6) is 1.80. The van der Waals surface area contributed by atoms with Gasteiger partial charge in [-0.2, -0.15) is 11.8 Å². The van der Waals surface area contributed by atoms with Gasteiger partial charge in [-0.1, -0.05) is 23.2 Å². The minimum atomic E-state index is 0.0491. The Kier molecular flexibility index (Phi) is 7.23. The van der Waals surface area contributed by atoms with Gasteiger partial charge in [-0.25, -0.2) is 0 Å². The summed E-state index contributed by atoms with van der Waals surface area (Å²) >= 11 is 14.0. The van der Waals surface area contributed by atoms with E-state index < -0.39 is 0 Å². The van der Waals surface area contributed by atoms with Crippen molar-refractivity contribution in [1.29, 1.82) is 0 Å². The molecule has 0 heterocycles. The van der Waals surface area contributed by atoms with Gasteiger partial charge in [0, 0.05) is 11.1 Å². The summed E-state index contributed by atoms with van der Waals surface area (Å²) in [5, 5.41) is 1.18. The Morgan fingerprint density at radius 3 is 2.72 bits per heavy atom. The molecule has 0 aliphatic heterocycles. The average Bonchev–Trinajstić information content (AvgIpc) is 2.26. The first-order valence-electron chi connectivity index (χ1n) is 5.89. The summed E-state index contributed by atoms with van der Waals surface area (Å²) in [5.41, 5.74) is 6.80. The number of hydrogen-bond donors (Lipinski definition) is 1. The Bertz CT molecular complexity index is 385. The third-order valence-corrected chi connectivity index (χ3v) is 3.56. The summed E-state index contributed by atoms with van der Waals surface area (Å²) in [4.78, 5) is 0. The number of halogens is 2. The van der Waals surface area contributed by atoms with Crippen LogP contribution in [-0.2, 0) is 6.42 Å². The molecule has 1 unspecified atom stereocenters. The molecule has 1 aromatic rings. The van der Waals surface area contributed by atoms with Gasteiger partial charge in [-0.05, 0) is 49.5 Å². The molecule has 0 radical (unpaired) electrons. The number of benzene rings is 1. The van der Waals surface area contributed by atoms with E-state index in [0.29, 0.717) is 23.1 Å². The molecule has 1 atom stereocenters. The van der Waals surface area contributed by atoms with Crippen molar-refractivity contribution in [1.82, 2.24) is 0 Å². The van der Waals surface area contributed by atoms with Crippen LogP contribution in [-0.4, -0.2) is 24.7 Å². The summed E-state index contributed by atoms with van der Waals surface area (Å²) < 4.78 is 5.77. The molecule has 2 N–H and O–H groups in total. The number of rotatable bonds is 7. The lowest BCUT2D eigenvalue weighted by Gasteiger charge is -2.15. The molecule has 0 spiro atoms. The van der Waals surface area contributed by atoms with Crippen LogP contribution in [0.1, 0.15) is 18.9 Å². The van der Waals surface area contributed by atoms with E-state index in [0.717, 1.165) is 23.5 Å². The molecule has 0 saturated heterocycles. The monoisotopic (exact) mass is 307 g/mol. The molecule has 0 saturated carbocycles. The molecule has 0 amide bonds. The smallest absolute Gasteiger partial charge is 0.141 e. The van der Waals surface area contributed by atoms with Crippen molar-refractivity contribution < 1.29 is 4.74 Å². The van der Waals surface area contributed by atoms with Crippen molar-refractivity contribution in [3.63, 3.8) is 0 Å². The fourth-order valence-corrected chi connectivity index (χ4v) is 2.65. The van der Waals surface area contributed by atoms with Crippen LogP contribution in [0.5, 0.6) is 5.75 Å². The number of ether oxygens (including phenoxy) is 1. The van der Waals surface area contributed by atoms with Crippen molar-refractivity contribution in [2.45, 2.75) is 25.8 Å². The van der Waals surface area contributed by atoms with E-state index >= 15 is 0 Å². The van der Waals surface area contributed by atoms with E-state index in [2.05, 4.69) is 6.26 Å². The number of hydrogen-bond acceptors (Lipinski definition) is 3. The molecule has 0 aliphatic rings. The normalized spacial score (nSPS) is 12.5. The Labute approximate surface area is 123 Å². The molecule has 102 valence electrons. The number of nitrogens with two attached hydrogens (primary N) is 1. The minimum Gasteiger partial charge on any atom is -0.492 e. The predicted octanol–water partition coefficient (Wildman–Crippen LogP) is 4.02. The second-order valence-corrected chi connectivity index (χ2v) is 6.08. The van der Waals surface area contributed by atoms with Crippen LogP contribution in [0.4, 0.5) is 0 Å². The molecule has 2 nitrogen and oxygen atoms in total. The van der Waals surface area contributed by atoms with E-state index in [1.54, 1.807) is 17.8 Å². The first kappa shape index (κ1) is 16.0. The van der Waals surface area contributed by atoms with Gasteiger partial charge in [-0.3, -0.25) is 0 Å². The first-order valence-corrected chi connectivity index (χ1v) is 8.04. The summed E-state index contributed by atoms with van der Waals surface area (Å²) in [6, 6.07) is 3.63. The molecule has 1 rings (SSSR count). The third-order valence-electron chi connectivity index (χ3n) is 2.37. The maximum absolute atomic E-state index is 6.18. The zero-order chi connectivity index (χ0) is 13.5. The quantitative estimate of drug-likeness (QED) is 0.773. The lowest BCUT2D eigenvalue weighted by Crippen LogP contribution is -2.18. The summed E-state index contributed by atoms with van der Waals surface area (Å²) in [6.07, 6.45) is 3.78. The second kappa shape index (κ2) is 8.16. The van der Waals surface area contributed by atoms with Crippen molar-refractivity contribution in [3.05, 3.63) is 27.7 Å². The highest BCUT2D eigenvalue weighted by atomic mass is 35.5. The fraction of sp³-hybridized carbons (Fsp3) is 0.538. The number of thioether (sulfide) groups is 1. The summed E-state index contributed by atoms with van der Waals surface area (Å²) in [6.45, 7) is 2.61. The van der Waals surface area contributed by atoms with Crippen molar-refractivity contribution >= 4 is 35.0 Å². The zero-order valence-corrected chi connectivity index (χ0v) is 13.0. The van der Waals surface area contributed by atoms with Crippen molar-refractivity contribution in [2.24, 2.45) is 5.73 Å². The maximum Gasteiger partial charge on any atom is 0.141 e. The Morgan fingerprint density at radius 2 is 2.11 bits per heavy atom. The Hall–Kier alpha value is -0.0900. The maximum atomic E-state index is 6.18. The molecular weight excluding hydrogens is 289 g/mol. The first-order chi connectivity index (χ1) is 8.54. The van der Waals surface area contributed by atoms with Gasteiger partial charge in [0.2, 0.25) is 0 Å². The highest BCUT2D eigenvalue weighted by molar-refractivity contribution is 7.98. The molecule has 0 aromatic heterocycles. The van der Waals surface area contributed by atoms with Crippen molar-refractivity contribution in [2.75, 3.05) is 18.6 Å². The Balaban J connectivity index is 2.79. The molecule has 0 aliphatic carbocycles. The van der Waals surface area contributed by atoms with Crippen LogP contribution in [0.2, 0.25) is 10.0 Å². The average molecular weight is 308 g/mol. The lowest BCUT2D eigenvalue weighted by atomic mass is 10.1. The summed E-state index contributed by atoms with van der Waals surface area (Å²) in [7, 11) is 0. The van der Waals surface area contributed by atoms with Gasteiger partial charge in [0.1, 0.15) is 5.75 Å². The lowest BCUT2D eigenvalue weighted by molar-refractivity contribution is 0.315. The largest absolute Gasteiger partial charge is 0.492 e. The molecule has 0 fully saturated rings. The second-order valence-electron chi connectivity index (χ2n) is 4.25. The van der Waals surface area contributed by atoms with E-state index in [1.807, 2.05) is 13.0 Å². The topological polar surface area (TPSA) is 35.2 Å². The molecule has 0 bridgehead atoms. The van der Waals surface area contributed by atoms with Gasteiger partial charge < -0.3 is 10.5 Å². The van der Waals surface area contributed by atoms with E-state index in [1.165, 1.54) is 0 Å². The van der Waals surface area contributed by atoms with Gasteiger partial charge in [-0.15, -0.1) is 0 Å². The Morgan fingerprint density at radius 1 is 1.39 bits per heavy atom. The SMILES string of the molecule is CSCCCOc1c(Cl)cc(Cl)cc1CC(C)N. The van der Waals surface area contributed by atoms with Crippen LogP contribution < -0.4 is 10.5 Å².